The van der Waals surface area contributed by atoms with Crippen LogP contribution in [0, 0.1) is 0 Å². The van der Waals surface area contributed by atoms with Crippen LogP contribution in [-0.4, -0.2) is 4.98 Å². The molecule has 8 aromatic carbocycles. The Labute approximate surface area is 285 Å². The molecule has 50 heavy (non-hydrogen) atoms. The van der Waals surface area contributed by atoms with Gasteiger partial charge in [0.25, 0.3) is 0 Å². The average Bonchev–Trinajstić information content (AvgIpc) is 3.88. The van der Waals surface area contributed by atoms with Crippen molar-refractivity contribution in [2.24, 2.45) is 0 Å². The molecule has 0 spiro atoms. The second kappa shape index (κ2) is 10.3. The van der Waals surface area contributed by atoms with Crippen LogP contribution >= 0.6 is 0 Å². The van der Waals surface area contributed by atoms with Gasteiger partial charge in [0.15, 0.2) is 5.58 Å². The predicted molar refractivity (Wildman–Crippen MR) is 204 cm³/mol. The second-order valence-electron chi connectivity index (χ2n) is 12.8. The van der Waals surface area contributed by atoms with Crippen LogP contribution in [0.2, 0.25) is 0 Å². The molecule has 5 heteroatoms. The zero-order valence-electron chi connectivity index (χ0n) is 26.6. The molecule has 0 N–H and O–H groups in total. The van der Waals surface area contributed by atoms with Gasteiger partial charge < -0.3 is 18.2 Å². The molecule has 0 saturated heterocycles. The van der Waals surface area contributed by atoms with Crippen molar-refractivity contribution in [1.82, 2.24) is 4.98 Å². The van der Waals surface area contributed by atoms with E-state index in [9.17, 15) is 0 Å². The van der Waals surface area contributed by atoms with Gasteiger partial charge in [-0.3, -0.25) is 0 Å². The van der Waals surface area contributed by atoms with Crippen molar-refractivity contribution in [3.05, 3.63) is 158 Å². The Morgan fingerprint density at radius 2 is 1.00 bits per heavy atom. The molecule has 0 atom stereocenters. The summed E-state index contributed by atoms with van der Waals surface area (Å²) in [5, 5.41) is 8.96. The van der Waals surface area contributed by atoms with E-state index in [0.29, 0.717) is 5.89 Å². The predicted octanol–water partition coefficient (Wildman–Crippen LogP) is 13.1. The summed E-state index contributed by atoms with van der Waals surface area (Å²) < 4.78 is 19.3. The van der Waals surface area contributed by atoms with Crippen molar-refractivity contribution >= 4 is 93.6 Å². The van der Waals surface area contributed by atoms with Crippen LogP contribution in [0.1, 0.15) is 0 Å². The van der Waals surface area contributed by atoms with Crippen molar-refractivity contribution < 1.29 is 13.3 Å². The van der Waals surface area contributed by atoms with E-state index in [2.05, 4.69) is 120 Å². The summed E-state index contributed by atoms with van der Waals surface area (Å²) in [4.78, 5) is 7.07. The Morgan fingerprint density at radius 3 is 1.82 bits per heavy atom. The number of rotatable bonds is 4. The van der Waals surface area contributed by atoms with Gasteiger partial charge in [-0.25, -0.2) is 4.98 Å². The van der Waals surface area contributed by atoms with Gasteiger partial charge in [-0.05, 0) is 88.3 Å². The lowest BCUT2D eigenvalue weighted by Gasteiger charge is -2.25. The highest BCUT2D eigenvalue weighted by atomic mass is 16.4. The number of aromatic nitrogens is 1. The number of hydrogen-bond acceptors (Lipinski definition) is 5. The molecule has 0 radical (unpaired) electrons. The maximum absolute atomic E-state index is 6.56. The number of furan rings is 2. The van der Waals surface area contributed by atoms with Crippen molar-refractivity contribution in [1.29, 1.82) is 0 Å². The van der Waals surface area contributed by atoms with Crippen LogP contribution in [0.25, 0.3) is 88.0 Å². The smallest absolute Gasteiger partial charge is 0.228 e. The van der Waals surface area contributed by atoms with E-state index in [1.165, 1.54) is 21.5 Å². The Hall–Kier alpha value is -6.85. The maximum atomic E-state index is 6.56. The zero-order valence-corrected chi connectivity index (χ0v) is 26.6. The first-order valence-corrected chi connectivity index (χ1v) is 16.7. The minimum atomic E-state index is 0.577. The minimum Gasteiger partial charge on any atom is -0.456 e. The van der Waals surface area contributed by atoms with Crippen LogP contribution in [0.5, 0.6) is 0 Å². The Morgan fingerprint density at radius 1 is 0.380 bits per heavy atom. The van der Waals surface area contributed by atoms with Crippen LogP contribution in [0.4, 0.5) is 17.1 Å². The van der Waals surface area contributed by atoms with E-state index >= 15 is 0 Å². The Balaban J connectivity index is 1.11. The molecule has 0 unspecified atom stereocenters. The first-order chi connectivity index (χ1) is 24.7. The third kappa shape index (κ3) is 4.04. The normalized spacial score (nSPS) is 12.0. The second-order valence-corrected chi connectivity index (χ2v) is 12.8. The molecule has 0 aliphatic carbocycles. The lowest BCUT2D eigenvalue weighted by molar-refractivity contribution is 0.620. The molecule has 0 saturated carbocycles. The van der Waals surface area contributed by atoms with Crippen molar-refractivity contribution in [2.45, 2.75) is 0 Å². The van der Waals surface area contributed by atoms with E-state index in [1.54, 1.807) is 0 Å². The number of benzene rings is 8. The summed E-state index contributed by atoms with van der Waals surface area (Å²) in [6, 6.07) is 54.5. The van der Waals surface area contributed by atoms with Crippen molar-refractivity contribution in [3.63, 3.8) is 0 Å². The van der Waals surface area contributed by atoms with Gasteiger partial charge in [0.1, 0.15) is 27.8 Å². The molecule has 0 fully saturated rings. The van der Waals surface area contributed by atoms with Gasteiger partial charge in [-0.15, -0.1) is 0 Å². The maximum Gasteiger partial charge on any atom is 0.228 e. The number of nitrogens with zero attached hydrogens (tertiary/aromatic N) is 2. The number of hydrogen-bond donors (Lipinski definition) is 0. The third-order valence-electron chi connectivity index (χ3n) is 9.86. The highest BCUT2D eigenvalue weighted by Crippen LogP contribution is 2.44. The number of para-hydroxylation sites is 2. The molecule has 11 aromatic rings. The number of oxazole rings is 1. The van der Waals surface area contributed by atoms with Crippen LogP contribution in [-0.2, 0) is 0 Å². The lowest BCUT2D eigenvalue weighted by Crippen LogP contribution is -2.09. The van der Waals surface area contributed by atoms with Gasteiger partial charge >= 0.3 is 0 Å². The molecular weight excluding hydrogens is 617 g/mol. The SMILES string of the molecule is c1ccc2cc(N(c3ccc4c(c3)oc3cccc(-c5nc6ccccc6o5)c34)c3ccc4c(c3)oc3ccc5ccccc5c34)ccc2c1. The Kier molecular flexibility index (Phi) is 5.60. The molecule has 0 bridgehead atoms. The standard InChI is InChI=1S/C45H26N2O3/c1-2-10-29-24-30(18-16-27(29)8-1)47(31-19-21-34-41(25-31)49-40-23-17-28-9-3-4-11-33(28)43(34)40)32-20-22-35-42(26-32)48-39-15-7-12-36(44(35)39)45-46-37-13-5-6-14-38(37)50-45/h1-26H. The molecule has 3 aromatic heterocycles. The molecule has 0 amide bonds. The monoisotopic (exact) mass is 642 g/mol. The zero-order chi connectivity index (χ0) is 32.8. The Bertz CT molecular complexity index is 3090. The summed E-state index contributed by atoms with van der Waals surface area (Å²) in [7, 11) is 0. The van der Waals surface area contributed by atoms with Crippen molar-refractivity contribution in [3.8, 4) is 11.5 Å². The summed E-state index contributed by atoms with van der Waals surface area (Å²) >= 11 is 0. The summed E-state index contributed by atoms with van der Waals surface area (Å²) in [5.74, 6) is 0.577. The first kappa shape index (κ1) is 27.1. The van der Waals surface area contributed by atoms with Gasteiger partial charge in [0.2, 0.25) is 5.89 Å². The molecular formula is C45H26N2O3. The molecule has 0 aliphatic rings. The topological polar surface area (TPSA) is 55.6 Å². The third-order valence-corrected chi connectivity index (χ3v) is 9.86. The van der Waals surface area contributed by atoms with Crippen LogP contribution in [0.15, 0.2) is 171 Å². The lowest BCUT2D eigenvalue weighted by atomic mass is 10.0. The van der Waals surface area contributed by atoms with Gasteiger partial charge in [-0.1, -0.05) is 78.9 Å². The fourth-order valence-corrected chi connectivity index (χ4v) is 7.56. The van der Waals surface area contributed by atoms with Crippen LogP contribution in [0.3, 0.4) is 0 Å². The largest absolute Gasteiger partial charge is 0.456 e. The molecule has 3 heterocycles. The van der Waals surface area contributed by atoms with E-state index in [1.807, 2.05) is 42.5 Å². The summed E-state index contributed by atoms with van der Waals surface area (Å²) in [6.07, 6.45) is 0. The number of anilines is 3. The summed E-state index contributed by atoms with van der Waals surface area (Å²) in [5.41, 5.74) is 8.76. The van der Waals surface area contributed by atoms with Gasteiger partial charge in [0.05, 0.1) is 0 Å². The summed E-state index contributed by atoms with van der Waals surface area (Å²) in [6.45, 7) is 0. The van der Waals surface area contributed by atoms with E-state index in [-0.39, 0.29) is 0 Å². The minimum absolute atomic E-state index is 0.577. The van der Waals surface area contributed by atoms with E-state index < -0.39 is 0 Å². The van der Waals surface area contributed by atoms with Crippen molar-refractivity contribution in [2.75, 3.05) is 4.90 Å². The van der Waals surface area contributed by atoms with Crippen LogP contribution < -0.4 is 4.90 Å². The molecule has 234 valence electrons. The first-order valence-electron chi connectivity index (χ1n) is 16.7. The quantitative estimate of drug-likeness (QED) is 0.191. The number of fused-ring (bicyclic) bond motifs is 10. The van der Waals surface area contributed by atoms with Gasteiger partial charge in [-0.2, -0.15) is 0 Å². The molecule has 11 rings (SSSR count). The highest BCUT2D eigenvalue weighted by Gasteiger charge is 2.21. The van der Waals surface area contributed by atoms with E-state index in [0.717, 1.165) is 77.6 Å². The van der Waals surface area contributed by atoms with E-state index in [4.69, 9.17) is 18.2 Å². The van der Waals surface area contributed by atoms with Gasteiger partial charge in [0, 0.05) is 56.3 Å². The highest BCUT2D eigenvalue weighted by molar-refractivity contribution is 6.19. The fourth-order valence-electron chi connectivity index (χ4n) is 7.56. The fraction of sp³-hybridized carbons (Fsp3) is 0. The average molecular weight is 643 g/mol. The molecule has 5 nitrogen and oxygen atoms in total. The molecule has 0 aliphatic heterocycles.